The van der Waals surface area contributed by atoms with Crippen LogP contribution in [0.1, 0.15) is 13.3 Å². The van der Waals surface area contributed by atoms with Crippen LogP contribution >= 0.6 is 11.8 Å². The maximum absolute atomic E-state index is 12.1. The maximum Gasteiger partial charge on any atom is 0.343 e. The van der Waals surface area contributed by atoms with E-state index in [2.05, 4.69) is 23.4 Å². The first kappa shape index (κ1) is 16.3. The lowest BCUT2D eigenvalue weighted by Gasteiger charge is -2.18. The van der Waals surface area contributed by atoms with Crippen molar-refractivity contribution in [3.8, 4) is 0 Å². The molecule has 0 spiro atoms. The predicted octanol–water partition coefficient (Wildman–Crippen LogP) is 1.27. The molecular formula is C13H20N4O2S. The van der Waals surface area contributed by atoms with Crippen molar-refractivity contribution in [2.24, 2.45) is 0 Å². The first-order chi connectivity index (χ1) is 9.63. The number of H-pyrrole nitrogens is 1. The van der Waals surface area contributed by atoms with Crippen LogP contribution < -0.4 is 5.69 Å². The van der Waals surface area contributed by atoms with E-state index >= 15 is 0 Å². The lowest BCUT2D eigenvalue weighted by atomic mass is 10.4. The van der Waals surface area contributed by atoms with Gasteiger partial charge in [0.1, 0.15) is 0 Å². The molecule has 0 radical (unpaired) electrons. The summed E-state index contributed by atoms with van der Waals surface area (Å²) in [6.07, 6.45) is 4.18. The smallest absolute Gasteiger partial charge is 0.335 e. The van der Waals surface area contributed by atoms with Gasteiger partial charge >= 0.3 is 5.69 Å². The maximum atomic E-state index is 12.1. The summed E-state index contributed by atoms with van der Waals surface area (Å²) in [4.78, 5) is 25.2. The number of hydrogen-bond donors (Lipinski definition) is 1. The van der Waals surface area contributed by atoms with Crippen molar-refractivity contribution in [2.75, 3.05) is 18.8 Å². The highest BCUT2D eigenvalue weighted by Gasteiger charge is 2.14. The van der Waals surface area contributed by atoms with Crippen LogP contribution in [0, 0.1) is 0 Å². The Balaban J connectivity index is 2.65. The van der Waals surface area contributed by atoms with Gasteiger partial charge in [-0.15, -0.1) is 18.3 Å². The van der Waals surface area contributed by atoms with Crippen molar-refractivity contribution < 1.29 is 4.79 Å². The van der Waals surface area contributed by atoms with Gasteiger partial charge in [0.05, 0.1) is 5.75 Å². The highest BCUT2D eigenvalue weighted by molar-refractivity contribution is 7.99. The largest absolute Gasteiger partial charge is 0.343 e. The van der Waals surface area contributed by atoms with Crippen molar-refractivity contribution in [3.05, 3.63) is 35.8 Å². The molecule has 0 saturated heterocycles. The Morgan fingerprint density at radius 1 is 1.45 bits per heavy atom. The predicted molar refractivity (Wildman–Crippen MR) is 80.8 cm³/mol. The zero-order valence-corrected chi connectivity index (χ0v) is 12.5. The van der Waals surface area contributed by atoms with E-state index in [-0.39, 0.29) is 17.3 Å². The standard InChI is InChI=1S/C13H20N4O2S/c1-4-7-16(8-5-2)11(18)10-20-13-15-14-12(19)17(13)9-6-3/h4-5H,1-2,6-10H2,3H3,(H,14,19). The Morgan fingerprint density at radius 2 is 2.10 bits per heavy atom. The molecule has 0 aromatic carbocycles. The lowest BCUT2D eigenvalue weighted by molar-refractivity contribution is -0.127. The minimum Gasteiger partial charge on any atom is -0.335 e. The number of aromatic amines is 1. The molecule has 0 saturated carbocycles. The van der Waals surface area contributed by atoms with Crippen LogP contribution in [0.25, 0.3) is 0 Å². The van der Waals surface area contributed by atoms with E-state index in [9.17, 15) is 9.59 Å². The van der Waals surface area contributed by atoms with Crippen molar-refractivity contribution in [1.82, 2.24) is 19.7 Å². The van der Waals surface area contributed by atoms with Gasteiger partial charge in [-0.1, -0.05) is 30.8 Å². The minimum absolute atomic E-state index is 0.0340. The number of thioether (sulfide) groups is 1. The molecule has 0 aliphatic carbocycles. The average molecular weight is 296 g/mol. The number of hydrogen-bond acceptors (Lipinski definition) is 4. The van der Waals surface area contributed by atoms with Crippen LogP contribution in [0.2, 0.25) is 0 Å². The van der Waals surface area contributed by atoms with E-state index in [1.165, 1.54) is 11.8 Å². The monoisotopic (exact) mass is 296 g/mol. The molecule has 1 amide bonds. The molecule has 6 nitrogen and oxygen atoms in total. The molecule has 1 rings (SSSR count). The van der Waals surface area contributed by atoms with Gasteiger partial charge in [-0.2, -0.15) is 0 Å². The van der Waals surface area contributed by atoms with Gasteiger partial charge in [0.15, 0.2) is 5.16 Å². The quantitative estimate of drug-likeness (QED) is 0.550. The van der Waals surface area contributed by atoms with Gasteiger partial charge in [-0.3, -0.25) is 9.36 Å². The number of nitrogens with one attached hydrogen (secondary N) is 1. The normalized spacial score (nSPS) is 10.2. The fourth-order valence-corrected chi connectivity index (χ4v) is 2.52. The number of rotatable bonds is 9. The highest BCUT2D eigenvalue weighted by Crippen LogP contribution is 2.14. The Morgan fingerprint density at radius 3 is 2.65 bits per heavy atom. The molecule has 0 aliphatic rings. The van der Waals surface area contributed by atoms with Gasteiger partial charge in [-0.05, 0) is 6.42 Å². The van der Waals surface area contributed by atoms with E-state index in [0.29, 0.717) is 24.8 Å². The van der Waals surface area contributed by atoms with Crippen LogP contribution in [0.3, 0.4) is 0 Å². The molecule has 1 heterocycles. The van der Waals surface area contributed by atoms with Gasteiger partial charge < -0.3 is 4.90 Å². The van der Waals surface area contributed by atoms with Crippen LogP contribution in [0.15, 0.2) is 35.3 Å². The minimum atomic E-state index is -0.240. The molecule has 0 bridgehead atoms. The fourth-order valence-electron chi connectivity index (χ4n) is 1.64. The Labute approximate surface area is 122 Å². The van der Waals surface area contributed by atoms with Crippen LogP contribution in [0.5, 0.6) is 0 Å². The molecule has 1 aromatic heterocycles. The highest BCUT2D eigenvalue weighted by atomic mass is 32.2. The zero-order valence-electron chi connectivity index (χ0n) is 11.7. The van der Waals surface area contributed by atoms with E-state index in [0.717, 1.165) is 6.42 Å². The molecule has 7 heteroatoms. The van der Waals surface area contributed by atoms with Gasteiger partial charge in [0, 0.05) is 19.6 Å². The van der Waals surface area contributed by atoms with Crippen molar-refractivity contribution >= 4 is 17.7 Å². The molecule has 1 aromatic rings. The molecule has 0 unspecified atom stereocenters. The lowest BCUT2D eigenvalue weighted by Crippen LogP contribution is -2.32. The SMILES string of the molecule is C=CCN(CC=C)C(=O)CSc1n[nH]c(=O)n1CCC. The molecule has 20 heavy (non-hydrogen) atoms. The third kappa shape index (κ3) is 4.41. The van der Waals surface area contributed by atoms with E-state index in [4.69, 9.17) is 0 Å². The van der Waals surface area contributed by atoms with Crippen LogP contribution in [-0.4, -0.2) is 44.4 Å². The first-order valence-electron chi connectivity index (χ1n) is 6.41. The second-order valence-electron chi connectivity index (χ2n) is 4.13. The van der Waals surface area contributed by atoms with E-state index < -0.39 is 0 Å². The van der Waals surface area contributed by atoms with E-state index in [1.54, 1.807) is 21.6 Å². The first-order valence-corrected chi connectivity index (χ1v) is 7.40. The molecule has 110 valence electrons. The van der Waals surface area contributed by atoms with Crippen LogP contribution in [-0.2, 0) is 11.3 Å². The Hall–Kier alpha value is -1.76. The number of carbonyl (C=O) groups excluding carboxylic acids is 1. The summed E-state index contributed by atoms with van der Waals surface area (Å²) in [5, 5.41) is 6.88. The van der Waals surface area contributed by atoms with Gasteiger partial charge in [0.2, 0.25) is 5.91 Å². The summed E-state index contributed by atoms with van der Waals surface area (Å²) in [5.41, 5.74) is -0.240. The molecule has 1 N–H and O–H groups in total. The molecule has 0 fully saturated rings. The number of amides is 1. The second-order valence-corrected chi connectivity index (χ2v) is 5.07. The summed E-state index contributed by atoms with van der Waals surface area (Å²) in [7, 11) is 0. The van der Waals surface area contributed by atoms with E-state index in [1.807, 2.05) is 6.92 Å². The topological polar surface area (TPSA) is 71.0 Å². The number of aromatic nitrogens is 3. The fraction of sp³-hybridized carbons (Fsp3) is 0.462. The van der Waals surface area contributed by atoms with Crippen molar-refractivity contribution in [1.29, 1.82) is 0 Å². The molecule has 0 aliphatic heterocycles. The number of carbonyl (C=O) groups is 1. The van der Waals surface area contributed by atoms with Crippen molar-refractivity contribution in [2.45, 2.75) is 25.0 Å². The zero-order chi connectivity index (χ0) is 15.0. The molecule has 0 atom stereocenters. The third-order valence-electron chi connectivity index (χ3n) is 2.55. The summed E-state index contributed by atoms with van der Waals surface area (Å²) in [6, 6.07) is 0. The summed E-state index contributed by atoms with van der Waals surface area (Å²) < 4.78 is 1.54. The second kappa shape index (κ2) is 8.42. The molecular weight excluding hydrogens is 276 g/mol. The Bertz CT molecular complexity index is 511. The average Bonchev–Trinajstić information content (AvgIpc) is 2.78. The number of nitrogens with zero attached hydrogens (tertiary/aromatic N) is 3. The Kier molecular flexibility index (Phi) is 6.86. The summed E-state index contributed by atoms with van der Waals surface area (Å²) in [5.74, 6) is 0.198. The van der Waals surface area contributed by atoms with Gasteiger partial charge in [0.25, 0.3) is 0 Å². The van der Waals surface area contributed by atoms with Crippen molar-refractivity contribution in [3.63, 3.8) is 0 Å². The summed E-state index contributed by atoms with van der Waals surface area (Å²) >= 11 is 1.26. The third-order valence-corrected chi connectivity index (χ3v) is 3.51. The van der Waals surface area contributed by atoms with Crippen LogP contribution in [0.4, 0.5) is 0 Å². The van der Waals surface area contributed by atoms with Gasteiger partial charge in [-0.25, -0.2) is 9.89 Å². The summed E-state index contributed by atoms with van der Waals surface area (Å²) in [6.45, 7) is 10.8.